The molecule has 1 rings (SSSR count). The van der Waals surface area contributed by atoms with E-state index in [2.05, 4.69) is 5.32 Å². The van der Waals surface area contributed by atoms with Crippen LogP contribution in [0.15, 0.2) is 18.2 Å². The van der Waals surface area contributed by atoms with E-state index in [9.17, 15) is 4.79 Å². The predicted molar refractivity (Wildman–Crippen MR) is 73.1 cm³/mol. The fraction of sp³-hybridized carbons (Fsp3) is 0.462. The van der Waals surface area contributed by atoms with Gasteiger partial charge in [0.2, 0.25) is 0 Å². The Labute approximate surface area is 112 Å². The number of aryl methyl sites for hydroxylation is 1. The van der Waals surface area contributed by atoms with Crippen LogP contribution in [0.5, 0.6) is 0 Å². The number of hydrogen-bond donors (Lipinski definition) is 1. The molecule has 94 valence electrons. The van der Waals surface area contributed by atoms with Gasteiger partial charge in [-0.25, -0.2) is 0 Å². The maximum Gasteiger partial charge on any atom is 0.253 e. The Morgan fingerprint density at radius 3 is 2.76 bits per heavy atom. The van der Waals surface area contributed by atoms with Gasteiger partial charge in [0.25, 0.3) is 5.91 Å². The Morgan fingerprint density at radius 2 is 2.18 bits per heavy atom. The second-order valence-corrected chi connectivity index (χ2v) is 4.75. The molecule has 0 radical (unpaired) electrons. The summed E-state index contributed by atoms with van der Waals surface area (Å²) in [4.78, 5) is 12.0. The van der Waals surface area contributed by atoms with Crippen molar-refractivity contribution in [2.24, 2.45) is 0 Å². The lowest BCUT2D eigenvalue weighted by Gasteiger charge is -2.16. The summed E-state index contributed by atoms with van der Waals surface area (Å²) in [6, 6.07) is 5.56. The summed E-state index contributed by atoms with van der Waals surface area (Å²) in [6.07, 6.45) is 1.63. The average molecular weight is 274 g/mol. The van der Waals surface area contributed by atoms with E-state index in [-0.39, 0.29) is 11.9 Å². The first-order valence-corrected chi connectivity index (χ1v) is 6.63. The van der Waals surface area contributed by atoms with Gasteiger partial charge in [0.15, 0.2) is 0 Å². The number of alkyl halides is 1. The van der Waals surface area contributed by atoms with Crippen molar-refractivity contribution in [3.8, 4) is 0 Å². The molecule has 0 saturated heterocycles. The molecule has 1 N–H and O–H groups in total. The highest BCUT2D eigenvalue weighted by molar-refractivity contribution is 6.34. The first kappa shape index (κ1) is 14.3. The number of amides is 1. The van der Waals surface area contributed by atoms with E-state index >= 15 is 0 Å². The van der Waals surface area contributed by atoms with Crippen LogP contribution in [0.3, 0.4) is 0 Å². The van der Waals surface area contributed by atoms with E-state index < -0.39 is 0 Å². The average Bonchev–Trinajstić information content (AvgIpc) is 2.31. The normalized spacial score (nSPS) is 12.2. The molecule has 1 aromatic carbocycles. The highest BCUT2D eigenvalue weighted by Gasteiger charge is 2.15. The summed E-state index contributed by atoms with van der Waals surface area (Å²) in [6.45, 7) is 3.91. The number of carbonyl (C=O) groups is 1. The van der Waals surface area contributed by atoms with Crippen molar-refractivity contribution < 1.29 is 4.79 Å². The molecule has 17 heavy (non-hydrogen) atoms. The minimum Gasteiger partial charge on any atom is -0.349 e. The van der Waals surface area contributed by atoms with Gasteiger partial charge in [0, 0.05) is 11.9 Å². The van der Waals surface area contributed by atoms with Gasteiger partial charge >= 0.3 is 0 Å². The van der Waals surface area contributed by atoms with E-state index in [0.717, 1.165) is 18.4 Å². The lowest BCUT2D eigenvalue weighted by Crippen LogP contribution is -2.34. The van der Waals surface area contributed by atoms with E-state index in [1.165, 1.54) is 0 Å². The number of nitrogens with one attached hydrogen (secondary N) is 1. The monoisotopic (exact) mass is 273 g/mol. The zero-order chi connectivity index (χ0) is 12.8. The van der Waals surface area contributed by atoms with Crippen molar-refractivity contribution in [1.29, 1.82) is 0 Å². The van der Waals surface area contributed by atoms with Gasteiger partial charge in [0.1, 0.15) is 0 Å². The Morgan fingerprint density at radius 1 is 1.47 bits per heavy atom. The lowest BCUT2D eigenvalue weighted by atomic mass is 10.1. The van der Waals surface area contributed by atoms with Crippen LogP contribution < -0.4 is 5.32 Å². The first-order valence-electron chi connectivity index (χ1n) is 5.72. The lowest BCUT2D eigenvalue weighted by molar-refractivity contribution is 0.0935. The van der Waals surface area contributed by atoms with Gasteiger partial charge < -0.3 is 5.32 Å². The van der Waals surface area contributed by atoms with E-state index in [4.69, 9.17) is 23.2 Å². The zero-order valence-electron chi connectivity index (χ0n) is 10.1. The Bertz CT molecular complexity index is 393. The molecule has 0 bridgehead atoms. The van der Waals surface area contributed by atoms with Crippen LogP contribution in [0.4, 0.5) is 0 Å². The van der Waals surface area contributed by atoms with Gasteiger partial charge in [-0.15, -0.1) is 11.6 Å². The molecule has 0 spiro atoms. The summed E-state index contributed by atoms with van der Waals surface area (Å²) in [5, 5.41) is 3.46. The van der Waals surface area contributed by atoms with Crippen LogP contribution in [0.25, 0.3) is 0 Å². The van der Waals surface area contributed by atoms with Crippen molar-refractivity contribution in [1.82, 2.24) is 5.32 Å². The number of benzene rings is 1. The van der Waals surface area contributed by atoms with Gasteiger partial charge in [-0.2, -0.15) is 0 Å². The van der Waals surface area contributed by atoms with Crippen LogP contribution in [-0.4, -0.2) is 17.8 Å². The topological polar surface area (TPSA) is 29.1 Å². The van der Waals surface area contributed by atoms with Crippen molar-refractivity contribution in [3.63, 3.8) is 0 Å². The maximum atomic E-state index is 12.0. The summed E-state index contributed by atoms with van der Waals surface area (Å²) >= 11 is 11.8. The number of carbonyl (C=O) groups excluding carboxylic acids is 1. The molecule has 4 heteroatoms. The minimum absolute atomic E-state index is 0.108. The largest absolute Gasteiger partial charge is 0.349 e. The van der Waals surface area contributed by atoms with Gasteiger partial charge in [-0.05, 0) is 31.4 Å². The molecule has 0 heterocycles. The third-order valence-corrected chi connectivity index (χ3v) is 3.44. The summed E-state index contributed by atoms with van der Waals surface area (Å²) in [7, 11) is 0. The molecule has 0 saturated carbocycles. The van der Waals surface area contributed by atoms with E-state index in [1.54, 1.807) is 6.07 Å². The minimum atomic E-state index is -0.129. The Hall–Kier alpha value is -0.730. The molecule has 2 nitrogen and oxygen atoms in total. The number of rotatable bonds is 5. The van der Waals surface area contributed by atoms with E-state index in [0.29, 0.717) is 16.5 Å². The van der Waals surface area contributed by atoms with Gasteiger partial charge in [-0.1, -0.05) is 30.7 Å². The molecule has 0 aliphatic carbocycles. The zero-order valence-corrected chi connectivity index (χ0v) is 11.6. The fourth-order valence-corrected chi connectivity index (χ4v) is 2.07. The van der Waals surface area contributed by atoms with Gasteiger partial charge in [0.05, 0.1) is 10.6 Å². The summed E-state index contributed by atoms with van der Waals surface area (Å²) in [5.74, 6) is 0.413. The molecule has 0 aliphatic heterocycles. The van der Waals surface area contributed by atoms with Crippen molar-refractivity contribution in [2.45, 2.75) is 32.7 Å². The second-order valence-electron chi connectivity index (χ2n) is 3.99. The standard InChI is InChI=1S/C13H17Cl2NO/c1-3-10(7-8-14)16-13(17)11-6-4-5-9(2)12(11)15/h4-6,10H,3,7-8H2,1-2H3,(H,16,17). The van der Waals surface area contributed by atoms with E-state index in [1.807, 2.05) is 26.0 Å². The number of hydrogen-bond acceptors (Lipinski definition) is 1. The maximum absolute atomic E-state index is 12.0. The molecule has 0 aliphatic rings. The van der Waals surface area contributed by atoms with Gasteiger partial charge in [-0.3, -0.25) is 4.79 Å². The third-order valence-electron chi connectivity index (χ3n) is 2.72. The third kappa shape index (κ3) is 3.90. The molecule has 1 amide bonds. The molecular weight excluding hydrogens is 257 g/mol. The van der Waals surface area contributed by atoms with Crippen molar-refractivity contribution in [3.05, 3.63) is 34.3 Å². The van der Waals surface area contributed by atoms with Crippen LogP contribution in [0.2, 0.25) is 5.02 Å². The molecular formula is C13H17Cl2NO. The summed E-state index contributed by atoms with van der Waals surface area (Å²) in [5.41, 5.74) is 1.43. The predicted octanol–water partition coefficient (Wildman–Crippen LogP) is 3.79. The Balaban J connectivity index is 2.79. The molecule has 1 aromatic rings. The van der Waals surface area contributed by atoms with Crippen LogP contribution in [0, 0.1) is 6.92 Å². The molecule has 0 aromatic heterocycles. The second kappa shape index (κ2) is 6.87. The molecule has 1 unspecified atom stereocenters. The fourth-order valence-electron chi connectivity index (χ4n) is 1.60. The Kier molecular flexibility index (Phi) is 5.79. The SMILES string of the molecule is CCC(CCCl)NC(=O)c1cccc(C)c1Cl. The number of halogens is 2. The molecule has 0 fully saturated rings. The quantitative estimate of drug-likeness (QED) is 0.813. The van der Waals surface area contributed by atoms with Crippen molar-refractivity contribution in [2.75, 3.05) is 5.88 Å². The van der Waals surface area contributed by atoms with Crippen LogP contribution >= 0.6 is 23.2 Å². The highest BCUT2D eigenvalue weighted by Crippen LogP contribution is 2.20. The first-order chi connectivity index (χ1) is 8.10. The summed E-state index contributed by atoms with van der Waals surface area (Å²) < 4.78 is 0. The van der Waals surface area contributed by atoms with Crippen molar-refractivity contribution >= 4 is 29.1 Å². The smallest absolute Gasteiger partial charge is 0.253 e. The molecule has 1 atom stereocenters. The van der Waals surface area contributed by atoms with Crippen LogP contribution in [0.1, 0.15) is 35.7 Å². The van der Waals surface area contributed by atoms with Crippen LogP contribution in [-0.2, 0) is 0 Å². The highest BCUT2D eigenvalue weighted by atomic mass is 35.5.